The van der Waals surface area contributed by atoms with Crippen LogP contribution in [0.1, 0.15) is 12.0 Å². The fourth-order valence-electron chi connectivity index (χ4n) is 1.91. The van der Waals surface area contributed by atoms with Gasteiger partial charge in [-0.15, -0.1) is 0 Å². The van der Waals surface area contributed by atoms with Gasteiger partial charge in [0.2, 0.25) is 10.0 Å². The van der Waals surface area contributed by atoms with E-state index in [2.05, 4.69) is 4.74 Å². The van der Waals surface area contributed by atoms with Gasteiger partial charge in [0, 0.05) is 12.6 Å². The Balaban J connectivity index is 2.15. The molecule has 0 aliphatic carbocycles. The average Bonchev–Trinajstić information content (AvgIpc) is 2.76. The first-order valence-corrected chi connectivity index (χ1v) is 7.50. The van der Waals surface area contributed by atoms with Crippen LogP contribution in [0.15, 0.2) is 30.3 Å². The standard InChI is InChI=1S/C13H15NO4S/c1-18-13(15)8-5-11-3-6-12(7-4-11)14-9-2-10-19(14,16)17/h3-8H,2,9-10H2,1H3/b8-5+. The Morgan fingerprint density at radius 1 is 1.32 bits per heavy atom. The van der Waals surface area contributed by atoms with E-state index in [1.165, 1.54) is 17.5 Å². The van der Waals surface area contributed by atoms with E-state index >= 15 is 0 Å². The van der Waals surface area contributed by atoms with Crippen molar-refractivity contribution in [1.82, 2.24) is 0 Å². The summed E-state index contributed by atoms with van der Waals surface area (Å²) in [5.74, 6) is -0.219. The number of carbonyl (C=O) groups is 1. The lowest BCUT2D eigenvalue weighted by Gasteiger charge is -2.16. The Morgan fingerprint density at radius 3 is 2.53 bits per heavy atom. The van der Waals surface area contributed by atoms with Gasteiger partial charge in [-0.05, 0) is 30.2 Å². The van der Waals surface area contributed by atoms with Crippen LogP contribution in [0.3, 0.4) is 0 Å². The van der Waals surface area contributed by atoms with Crippen LogP contribution in [0, 0.1) is 0 Å². The van der Waals surface area contributed by atoms with Crippen LogP contribution in [-0.4, -0.2) is 33.8 Å². The maximum atomic E-state index is 11.8. The zero-order valence-corrected chi connectivity index (χ0v) is 11.4. The highest BCUT2D eigenvalue weighted by molar-refractivity contribution is 7.93. The van der Waals surface area contributed by atoms with Crippen LogP contribution in [0.4, 0.5) is 5.69 Å². The molecule has 0 saturated carbocycles. The fourth-order valence-corrected chi connectivity index (χ4v) is 3.48. The van der Waals surface area contributed by atoms with E-state index in [9.17, 15) is 13.2 Å². The molecule has 1 aliphatic rings. The Labute approximate surface area is 112 Å². The average molecular weight is 281 g/mol. The molecule has 6 heteroatoms. The Kier molecular flexibility index (Phi) is 3.90. The number of sulfonamides is 1. The fraction of sp³-hybridized carbons (Fsp3) is 0.308. The summed E-state index contributed by atoms with van der Waals surface area (Å²) in [7, 11) is -1.83. The zero-order valence-electron chi connectivity index (χ0n) is 10.6. The van der Waals surface area contributed by atoms with Crippen molar-refractivity contribution < 1.29 is 17.9 Å². The molecular weight excluding hydrogens is 266 g/mol. The highest BCUT2D eigenvalue weighted by atomic mass is 32.2. The van der Waals surface area contributed by atoms with Crippen molar-refractivity contribution in [3.05, 3.63) is 35.9 Å². The smallest absolute Gasteiger partial charge is 0.330 e. The van der Waals surface area contributed by atoms with Gasteiger partial charge < -0.3 is 4.74 Å². The molecule has 102 valence electrons. The summed E-state index contributed by atoms with van der Waals surface area (Å²) < 4.78 is 29.4. The normalized spacial score (nSPS) is 17.8. The van der Waals surface area contributed by atoms with Crippen molar-refractivity contribution in [2.24, 2.45) is 0 Å². The third-order valence-corrected chi connectivity index (χ3v) is 4.76. The summed E-state index contributed by atoms with van der Waals surface area (Å²) in [4.78, 5) is 10.9. The van der Waals surface area contributed by atoms with E-state index in [0.717, 1.165) is 5.56 Å². The highest BCUT2D eigenvalue weighted by Crippen LogP contribution is 2.24. The maximum absolute atomic E-state index is 11.8. The van der Waals surface area contributed by atoms with E-state index in [1.807, 2.05) is 0 Å². The minimum absolute atomic E-state index is 0.205. The first-order chi connectivity index (χ1) is 9.03. The Morgan fingerprint density at radius 2 is 2.00 bits per heavy atom. The van der Waals surface area contributed by atoms with E-state index in [0.29, 0.717) is 18.7 Å². The number of anilines is 1. The van der Waals surface area contributed by atoms with Gasteiger partial charge in [0.1, 0.15) is 0 Å². The van der Waals surface area contributed by atoms with Gasteiger partial charge in [0.15, 0.2) is 0 Å². The second kappa shape index (κ2) is 5.44. The molecule has 0 atom stereocenters. The summed E-state index contributed by atoms with van der Waals surface area (Å²) in [5.41, 5.74) is 1.47. The molecule has 1 aliphatic heterocycles. The SMILES string of the molecule is COC(=O)/C=C/c1ccc(N2CCCS2(=O)=O)cc1. The molecule has 1 saturated heterocycles. The number of nitrogens with zero attached hydrogens (tertiary/aromatic N) is 1. The molecule has 1 aromatic carbocycles. The minimum atomic E-state index is -3.14. The molecule has 0 aromatic heterocycles. The van der Waals surface area contributed by atoms with Gasteiger partial charge in [-0.1, -0.05) is 12.1 Å². The molecule has 2 rings (SSSR count). The molecule has 1 aromatic rings. The van der Waals surface area contributed by atoms with E-state index in [4.69, 9.17) is 0 Å². The number of hydrogen-bond acceptors (Lipinski definition) is 4. The van der Waals surface area contributed by atoms with Gasteiger partial charge >= 0.3 is 5.97 Å². The van der Waals surface area contributed by atoms with Gasteiger partial charge in [0.05, 0.1) is 18.6 Å². The van der Waals surface area contributed by atoms with Crippen LogP contribution < -0.4 is 4.31 Å². The topological polar surface area (TPSA) is 63.7 Å². The summed E-state index contributed by atoms with van der Waals surface area (Å²) in [6.45, 7) is 0.527. The Hall–Kier alpha value is -1.82. The molecule has 0 bridgehead atoms. The summed E-state index contributed by atoms with van der Waals surface area (Å²) >= 11 is 0. The van der Waals surface area contributed by atoms with Gasteiger partial charge in [0.25, 0.3) is 0 Å². The lowest BCUT2D eigenvalue weighted by Crippen LogP contribution is -2.24. The van der Waals surface area contributed by atoms with Crippen LogP contribution >= 0.6 is 0 Å². The van der Waals surface area contributed by atoms with E-state index in [-0.39, 0.29) is 5.75 Å². The largest absolute Gasteiger partial charge is 0.466 e. The molecule has 1 fully saturated rings. The van der Waals surface area contributed by atoms with Crippen molar-refractivity contribution in [3.63, 3.8) is 0 Å². The highest BCUT2D eigenvalue weighted by Gasteiger charge is 2.28. The number of esters is 1. The van der Waals surface area contributed by atoms with Crippen molar-refractivity contribution in [1.29, 1.82) is 0 Å². The number of carbonyl (C=O) groups excluding carboxylic acids is 1. The molecule has 0 amide bonds. The van der Waals surface area contributed by atoms with Gasteiger partial charge in [-0.2, -0.15) is 0 Å². The van der Waals surface area contributed by atoms with Crippen LogP contribution in [-0.2, 0) is 19.6 Å². The van der Waals surface area contributed by atoms with Crippen LogP contribution in [0.2, 0.25) is 0 Å². The first-order valence-electron chi connectivity index (χ1n) is 5.89. The van der Waals surface area contributed by atoms with E-state index in [1.54, 1.807) is 30.3 Å². The van der Waals surface area contributed by atoms with Crippen molar-refractivity contribution in [3.8, 4) is 0 Å². The van der Waals surface area contributed by atoms with Crippen LogP contribution in [0.25, 0.3) is 6.08 Å². The predicted molar refractivity (Wildman–Crippen MR) is 73.2 cm³/mol. The molecule has 19 heavy (non-hydrogen) atoms. The molecule has 0 N–H and O–H groups in total. The summed E-state index contributed by atoms with van der Waals surface area (Å²) in [5, 5.41) is 0. The lowest BCUT2D eigenvalue weighted by molar-refractivity contribution is -0.134. The molecule has 5 nitrogen and oxygen atoms in total. The second-order valence-corrected chi connectivity index (χ2v) is 6.20. The summed E-state index contributed by atoms with van der Waals surface area (Å²) in [6.07, 6.45) is 3.60. The van der Waals surface area contributed by atoms with Crippen molar-refractivity contribution in [2.75, 3.05) is 23.7 Å². The minimum Gasteiger partial charge on any atom is -0.466 e. The molecule has 1 heterocycles. The third kappa shape index (κ3) is 3.14. The molecule has 0 unspecified atom stereocenters. The van der Waals surface area contributed by atoms with Crippen molar-refractivity contribution in [2.45, 2.75) is 6.42 Å². The number of ether oxygens (including phenoxy) is 1. The number of rotatable bonds is 3. The second-order valence-electron chi connectivity index (χ2n) is 4.19. The van der Waals surface area contributed by atoms with Crippen molar-refractivity contribution >= 4 is 27.8 Å². The lowest BCUT2D eigenvalue weighted by atomic mass is 10.2. The van der Waals surface area contributed by atoms with E-state index < -0.39 is 16.0 Å². The number of hydrogen-bond donors (Lipinski definition) is 0. The maximum Gasteiger partial charge on any atom is 0.330 e. The molecular formula is C13H15NO4S. The Bertz CT molecular complexity index is 590. The molecule has 0 radical (unpaired) electrons. The third-order valence-electron chi connectivity index (χ3n) is 2.89. The van der Waals surface area contributed by atoms with Gasteiger partial charge in [-0.25, -0.2) is 13.2 Å². The first kappa shape index (κ1) is 13.6. The predicted octanol–water partition coefficient (Wildman–Crippen LogP) is 1.41. The number of methoxy groups -OCH3 is 1. The quantitative estimate of drug-likeness (QED) is 0.621. The van der Waals surface area contributed by atoms with Gasteiger partial charge in [-0.3, -0.25) is 4.31 Å². The number of benzene rings is 1. The summed E-state index contributed by atoms with van der Waals surface area (Å²) in [6, 6.07) is 7.00. The van der Waals surface area contributed by atoms with Crippen LogP contribution in [0.5, 0.6) is 0 Å². The monoisotopic (exact) mass is 281 g/mol. The molecule has 0 spiro atoms. The zero-order chi connectivity index (χ0) is 13.9.